The predicted octanol–water partition coefficient (Wildman–Crippen LogP) is 2.52. The molecule has 1 aliphatic rings. The number of nitrogens with zero attached hydrogens (tertiary/aromatic N) is 1. The molecule has 1 aromatic rings. The van der Waals surface area contributed by atoms with Crippen LogP contribution >= 0.6 is 0 Å². The normalized spacial score (nSPS) is 23.6. The van der Waals surface area contributed by atoms with Gasteiger partial charge in [-0.2, -0.15) is 0 Å². The van der Waals surface area contributed by atoms with E-state index < -0.39 is 11.8 Å². The lowest BCUT2D eigenvalue weighted by molar-refractivity contribution is 0.0697. The van der Waals surface area contributed by atoms with Crippen LogP contribution in [0, 0.1) is 11.7 Å². The third kappa shape index (κ3) is 2.54. The number of carbonyl (C=O) groups is 1. The topological polar surface area (TPSA) is 62.2 Å². The number of hydrogen-bond acceptors (Lipinski definition) is 3. The number of pyridine rings is 1. The highest BCUT2D eigenvalue weighted by Crippen LogP contribution is 2.28. The fraction of sp³-hybridized carbons (Fsp3) is 0.500. The van der Waals surface area contributed by atoms with Crippen LogP contribution in [-0.4, -0.2) is 22.1 Å². The van der Waals surface area contributed by atoms with E-state index in [2.05, 4.69) is 17.2 Å². The Morgan fingerprint density at radius 3 is 2.94 bits per heavy atom. The molecule has 0 spiro atoms. The molecule has 17 heavy (non-hydrogen) atoms. The Hall–Kier alpha value is -1.65. The molecule has 0 saturated heterocycles. The van der Waals surface area contributed by atoms with Crippen molar-refractivity contribution in [3.05, 3.63) is 23.6 Å². The van der Waals surface area contributed by atoms with Crippen LogP contribution in [0.2, 0.25) is 0 Å². The van der Waals surface area contributed by atoms with Gasteiger partial charge < -0.3 is 10.4 Å². The van der Waals surface area contributed by atoms with Gasteiger partial charge in [0.25, 0.3) is 0 Å². The first-order valence-electron chi connectivity index (χ1n) is 5.73. The van der Waals surface area contributed by atoms with E-state index in [-0.39, 0.29) is 17.4 Å². The largest absolute Gasteiger partial charge is 0.478 e. The fourth-order valence-corrected chi connectivity index (χ4v) is 2.25. The average molecular weight is 238 g/mol. The zero-order valence-corrected chi connectivity index (χ0v) is 9.61. The Kier molecular flexibility index (Phi) is 3.26. The van der Waals surface area contributed by atoms with Gasteiger partial charge in [0.15, 0.2) is 0 Å². The molecule has 2 rings (SSSR count). The van der Waals surface area contributed by atoms with Crippen LogP contribution in [0.25, 0.3) is 0 Å². The molecule has 0 amide bonds. The summed E-state index contributed by atoms with van der Waals surface area (Å²) in [5, 5.41) is 12.1. The molecule has 0 bridgehead atoms. The summed E-state index contributed by atoms with van der Waals surface area (Å²) < 4.78 is 12.9. The molecular weight excluding hydrogens is 223 g/mol. The summed E-state index contributed by atoms with van der Waals surface area (Å²) in [7, 11) is 0. The van der Waals surface area contributed by atoms with Gasteiger partial charge in [0.1, 0.15) is 17.2 Å². The van der Waals surface area contributed by atoms with E-state index in [0.29, 0.717) is 5.92 Å². The third-order valence-corrected chi connectivity index (χ3v) is 3.27. The van der Waals surface area contributed by atoms with Crippen LogP contribution < -0.4 is 5.32 Å². The zero-order chi connectivity index (χ0) is 12.4. The maximum absolute atomic E-state index is 12.9. The van der Waals surface area contributed by atoms with Crippen LogP contribution in [0.1, 0.15) is 36.5 Å². The van der Waals surface area contributed by atoms with E-state index in [9.17, 15) is 9.18 Å². The van der Waals surface area contributed by atoms with E-state index in [1.54, 1.807) is 0 Å². The quantitative estimate of drug-likeness (QED) is 0.849. The van der Waals surface area contributed by atoms with Gasteiger partial charge in [0.2, 0.25) is 0 Å². The van der Waals surface area contributed by atoms with Gasteiger partial charge in [0, 0.05) is 6.04 Å². The minimum atomic E-state index is -1.16. The molecule has 1 fully saturated rings. The summed E-state index contributed by atoms with van der Waals surface area (Å²) in [6.45, 7) is 2.12. The zero-order valence-electron chi connectivity index (χ0n) is 9.61. The Balaban J connectivity index is 2.22. The second-order valence-electron chi connectivity index (χ2n) is 4.51. The lowest BCUT2D eigenvalue weighted by atomic mass is 10.1. The van der Waals surface area contributed by atoms with Gasteiger partial charge in [-0.3, -0.25) is 0 Å². The smallest absolute Gasteiger partial charge is 0.339 e. The van der Waals surface area contributed by atoms with Gasteiger partial charge in [-0.15, -0.1) is 0 Å². The van der Waals surface area contributed by atoms with E-state index in [4.69, 9.17) is 5.11 Å². The maximum Gasteiger partial charge on any atom is 0.339 e. The third-order valence-electron chi connectivity index (χ3n) is 3.27. The molecule has 0 aromatic carbocycles. The molecule has 2 N–H and O–H groups in total. The first-order chi connectivity index (χ1) is 8.08. The van der Waals surface area contributed by atoms with Crippen molar-refractivity contribution in [3.8, 4) is 0 Å². The van der Waals surface area contributed by atoms with Gasteiger partial charge in [-0.1, -0.05) is 13.3 Å². The lowest BCUT2D eigenvalue weighted by Crippen LogP contribution is -2.24. The number of carboxylic acids is 1. The molecule has 1 heterocycles. The van der Waals surface area contributed by atoms with Crippen LogP contribution in [0.15, 0.2) is 12.3 Å². The number of aromatic carboxylic acids is 1. The van der Waals surface area contributed by atoms with E-state index in [0.717, 1.165) is 31.5 Å². The highest BCUT2D eigenvalue weighted by molar-refractivity contribution is 5.93. The highest BCUT2D eigenvalue weighted by atomic mass is 19.1. The first-order valence-corrected chi connectivity index (χ1v) is 5.73. The predicted molar refractivity (Wildman–Crippen MR) is 61.6 cm³/mol. The Labute approximate surface area is 98.9 Å². The molecular formula is C12H15FN2O2. The van der Waals surface area contributed by atoms with Gasteiger partial charge in [0.05, 0.1) is 6.20 Å². The number of carboxylic acid groups (broad SMARTS) is 1. The van der Waals surface area contributed by atoms with Crippen molar-refractivity contribution in [1.82, 2.24) is 4.98 Å². The summed E-state index contributed by atoms with van der Waals surface area (Å²) >= 11 is 0. The van der Waals surface area contributed by atoms with Crippen molar-refractivity contribution in [3.63, 3.8) is 0 Å². The van der Waals surface area contributed by atoms with Crippen LogP contribution in [0.4, 0.5) is 10.2 Å². The van der Waals surface area contributed by atoms with E-state index >= 15 is 0 Å². The molecule has 1 aliphatic carbocycles. The molecule has 0 radical (unpaired) electrons. The van der Waals surface area contributed by atoms with Crippen molar-refractivity contribution in [2.24, 2.45) is 5.92 Å². The van der Waals surface area contributed by atoms with Crippen LogP contribution in [0.3, 0.4) is 0 Å². The number of hydrogen-bond donors (Lipinski definition) is 2. The summed E-state index contributed by atoms with van der Waals surface area (Å²) in [5.74, 6) is -1.04. The molecule has 5 heteroatoms. The minimum Gasteiger partial charge on any atom is -0.478 e. The summed E-state index contributed by atoms with van der Waals surface area (Å²) in [5.41, 5.74) is -0.107. The minimum absolute atomic E-state index is 0.107. The molecule has 1 aromatic heterocycles. The monoisotopic (exact) mass is 238 g/mol. The number of aromatic nitrogens is 1. The average Bonchev–Trinajstić information content (AvgIpc) is 2.67. The van der Waals surface area contributed by atoms with Crippen molar-refractivity contribution in [2.75, 3.05) is 5.32 Å². The summed E-state index contributed by atoms with van der Waals surface area (Å²) in [4.78, 5) is 14.8. The van der Waals surface area contributed by atoms with Gasteiger partial charge in [-0.05, 0) is 24.8 Å². The van der Waals surface area contributed by atoms with Crippen LogP contribution in [-0.2, 0) is 0 Å². The van der Waals surface area contributed by atoms with Crippen molar-refractivity contribution < 1.29 is 14.3 Å². The first kappa shape index (κ1) is 11.8. The molecule has 1 saturated carbocycles. The molecule has 4 nitrogen and oxygen atoms in total. The Morgan fingerprint density at radius 2 is 2.35 bits per heavy atom. The fourth-order valence-electron chi connectivity index (χ4n) is 2.25. The van der Waals surface area contributed by atoms with Gasteiger partial charge in [-0.25, -0.2) is 14.2 Å². The second kappa shape index (κ2) is 4.69. The molecule has 92 valence electrons. The summed E-state index contributed by atoms with van der Waals surface area (Å²) in [6.07, 6.45) is 4.29. The SMILES string of the molecule is CC1CCCC1Nc1ncc(F)cc1C(=O)O. The molecule has 2 unspecified atom stereocenters. The van der Waals surface area contributed by atoms with Crippen molar-refractivity contribution in [2.45, 2.75) is 32.2 Å². The molecule has 0 aliphatic heterocycles. The van der Waals surface area contributed by atoms with Crippen molar-refractivity contribution >= 4 is 11.8 Å². The number of nitrogens with one attached hydrogen (secondary N) is 1. The van der Waals surface area contributed by atoms with E-state index in [1.807, 2.05) is 0 Å². The standard InChI is InChI=1S/C12H15FN2O2/c1-7-3-2-4-10(7)15-11-9(12(16)17)5-8(13)6-14-11/h5-7,10H,2-4H2,1H3,(H,14,15)(H,16,17). The summed E-state index contributed by atoms with van der Waals surface area (Å²) in [6, 6.07) is 1.23. The van der Waals surface area contributed by atoms with Crippen molar-refractivity contribution in [1.29, 1.82) is 0 Å². The highest BCUT2D eigenvalue weighted by Gasteiger charge is 2.25. The second-order valence-corrected chi connectivity index (χ2v) is 4.51. The Bertz CT molecular complexity index is 437. The lowest BCUT2D eigenvalue weighted by Gasteiger charge is -2.18. The number of anilines is 1. The van der Waals surface area contributed by atoms with Crippen LogP contribution in [0.5, 0.6) is 0 Å². The molecule has 2 atom stereocenters. The Morgan fingerprint density at radius 1 is 1.59 bits per heavy atom. The maximum atomic E-state index is 12.9. The van der Waals surface area contributed by atoms with E-state index in [1.165, 1.54) is 0 Å². The number of rotatable bonds is 3. The number of halogens is 1. The van der Waals surface area contributed by atoms with Gasteiger partial charge >= 0.3 is 5.97 Å².